The van der Waals surface area contributed by atoms with Crippen molar-refractivity contribution in [3.05, 3.63) is 66.7 Å². The fourth-order valence-corrected chi connectivity index (χ4v) is 4.18. The molecule has 0 bridgehead atoms. The van der Waals surface area contributed by atoms with E-state index in [9.17, 15) is 4.39 Å². The van der Waals surface area contributed by atoms with Gasteiger partial charge in [-0.2, -0.15) is 0 Å². The minimum absolute atomic E-state index is 0.248. The summed E-state index contributed by atoms with van der Waals surface area (Å²) in [6, 6.07) is 16.6. The van der Waals surface area contributed by atoms with Gasteiger partial charge in [0, 0.05) is 31.9 Å². The van der Waals surface area contributed by atoms with Gasteiger partial charge >= 0.3 is 0 Å². The number of aromatic nitrogens is 5. The molecule has 3 aromatic heterocycles. The molecule has 8 heteroatoms. The third kappa shape index (κ3) is 3.16. The van der Waals surface area contributed by atoms with Crippen LogP contribution in [0.4, 0.5) is 16.2 Å². The Morgan fingerprint density at radius 2 is 1.61 bits per heavy atom. The van der Waals surface area contributed by atoms with Crippen molar-refractivity contribution in [2.24, 2.45) is 0 Å². The van der Waals surface area contributed by atoms with Gasteiger partial charge in [-0.3, -0.25) is 0 Å². The lowest BCUT2D eigenvalue weighted by Gasteiger charge is -2.35. The van der Waals surface area contributed by atoms with E-state index in [1.807, 2.05) is 30.3 Å². The topological polar surface area (TPSA) is 76.7 Å². The van der Waals surface area contributed by atoms with Gasteiger partial charge < -0.3 is 19.8 Å². The first-order chi connectivity index (χ1) is 15.2. The second-order valence-corrected chi connectivity index (χ2v) is 7.70. The molecule has 4 heterocycles. The van der Waals surface area contributed by atoms with Crippen LogP contribution >= 0.6 is 0 Å². The van der Waals surface area contributed by atoms with Crippen LogP contribution in [0.1, 0.15) is 0 Å². The first-order valence-electron chi connectivity index (χ1n) is 10.3. The lowest BCUT2D eigenvalue weighted by atomic mass is 10.1. The van der Waals surface area contributed by atoms with Crippen molar-refractivity contribution in [2.45, 2.75) is 0 Å². The monoisotopic (exact) mass is 413 g/mol. The van der Waals surface area contributed by atoms with Gasteiger partial charge in [0.2, 0.25) is 5.95 Å². The maximum Gasteiger partial charge on any atom is 0.203 e. The predicted molar refractivity (Wildman–Crippen MR) is 120 cm³/mol. The first-order valence-corrected chi connectivity index (χ1v) is 10.3. The number of benzene rings is 2. The number of aromatic amines is 2. The average Bonchev–Trinajstić information content (AvgIpc) is 3.44. The summed E-state index contributed by atoms with van der Waals surface area (Å²) in [5.74, 6) is 1.58. The largest absolute Gasteiger partial charge is 0.352 e. The molecule has 1 saturated heterocycles. The predicted octanol–water partition coefficient (Wildman–Crippen LogP) is 3.97. The average molecular weight is 413 g/mol. The first kappa shape index (κ1) is 17.9. The second-order valence-electron chi connectivity index (χ2n) is 7.70. The Hall–Kier alpha value is -3.94. The molecule has 1 aliphatic rings. The van der Waals surface area contributed by atoms with Gasteiger partial charge in [-0.05, 0) is 48.0 Å². The number of anilines is 2. The van der Waals surface area contributed by atoms with Crippen LogP contribution in [0.25, 0.3) is 33.3 Å². The van der Waals surface area contributed by atoms with E-state index < -0.39 is 0 Å². The molecule has 2 aromatic carbocycles. The number of nitrogens with zero attached hydrogens (tertiary/aromatic N) is 5. The van der Waals surface area contributed by atoms with Crippen molar-refractivity contribution in [1.82, 2.24) is 24.9 Å². The van der Waals surface area contributed by atoms with Crippen molar-refractivity contribution in [2.75, 3.05) is 36.0 Å². The molecule has 2 N–H and O–H groups in total. The molecule has 0 spiro atoms. The third-order valence-electron chi connectivity index (χ3n) is 5.82. The molecule has 0 saturated carbocycles. The van der Waals surface area contributed by atoms with E-state index in [1.165, 1.54) is 12.1 Å². The van der Waals surface area contributed by atoms with Gasteiger partial charge in [-0.15, -0.1) is 0 Å². The number of para-hydroxylation sites is 2. The quantitative estimate of drug-likeness (QED) is 0.468. The normalized spacial score (nSPS) is 14.6. The molecule has 7 nitrogen and oxygen atoms in total. The summed E-state index contributed by atoms with van der Waals surface area (Å²) < 4.78 is 13.3. The molecule has 5 aromatic rings. The highest BCUT2D eigenvalue weighted by Crippen LogP contribution is 2.30. The molecule has 0 amide bonds. The van der Waals surface area contributed by atoms with Gasteiger partial charge in [0.25, 0.3) is 0 Å². The van der Waals surface area contributed by atoms with E-state index in [4.69, 9.17) is 4.98 Å². The molecule has 1 aliphatic heterocycles. The lowest BCUT2D eigenvalue weighted by Crippen LogP contribution is -2.47. The van der Waals surface area contributed by atoms with Crippen molar-refractivity contribution in [3.8, 4) is 11.3 Å². The van der Waals surface area contributed by atoms with E-state index >= 15 is 0 Å². The second kappa shape index (κ2) is 7.09. The Labute approximate surface area is 177 Å². The molecule has 1 fully saturated rings. The highest BCUT2D eigenvalue weighted by atomic mass is 19.1. The van der Waals surface area contributed by atoms with Crippen LogP contribution in [0.2, 0.25) is 0 Å². The summed E-state index contributed by atoms with van der Waals surface area (Å²) in [7, 11) is 0. The summed E-state index contributed by atoms with van der Waals surface area (Å²) >= 11 is 0. The zero-order valence-corrected chi connectivity index (χ0v) is 16.7. The molecule has 154 valence electrons. The number of halogens is 1. The molecular weight excluding hydrogens is 393 g/mol. The van der Waals surface area contributed by atoms with Crippen molar-refractivity contribution in [1.29, 1.82) is 0 Å². The highest BCUT2D eigenvalue weighted by molar-refractivity contribution is 5.92. The van der Waals surface area contributed by atoms with Crippen LogP contribution in [0, 0.1) is 5.82 Å². The summed E-state index contributed by atoms with van der Waals surface area (Å²) in [5.41, 5.74) is 4.64. The molecular formula is C23H20FN7. The minimum Gasteiger partial charge on any atom is -0.352 e. The number of H-pyrrole nitrogens is 2. The summed E-state index contributed by atoms with van der Waals surface area (Å²) in [4.78, 5) is 25.0. The van der Waals surface area contributed by atoms with Gasteiger partial charge in [0.1, 0.15) is 23.6 Å². The third-order valence-corrected chi connectivity index (χ3v) is 5.82. The van der Waals surface area contributed by atoms with Gasteiger partial charge in [-0.25, -0.2) is 19.3 Å². The fraction of sp³-hybridized carbons (Fsp3) is 0.174. The summed E-state index contributed by atoms with van der Waals surface area (Å²) in [6.07, 6.45) is 1.59. The Morgan fingerprint density at radius 1 is 0.839 bits per heavy atom. The number of hydrogen-bond acceptors (Lipinski definition) is 5. The van der Waals surface area contributed by atoms with Crippen LogP contribution in [0.15, 0.2) is 60.9 Å². The van der Waals surface area contributed by atoms with E-state index in [0.29, 0.717) is 0 Å². The number of nitrogens with one attached hydrogen (secondary N) is 2. The number of fused-ring (bicyclic) bond motifs is 2. The molecule has 0 aliphatic carbocycles. The van der Waals surface area contributed by atoms with Crippen LogP contribution < -0.4 is 9.80 Å². The fourth-order valence-electron chi connectivity index (χ4n) is 4.18. The molecule has 6 rings (SSSR count). The van der Waals surface area contributed by atoms with Crippen LogP contribution in [0.5, 0.6) is 0 Å². The van der Waals surface area contributed by atoms with Crippen LogP contribution in [-0.2, 0) is 0 Å². The van der Waals surface area contributed by atoms with Crippen molar-refractivity contribution >= 4 is 33.8 Å². The Kier molecular flexibility index (Phi) is 4.09. The smallest absolute Gasteiger partial charge is 0.203 e. The molecule has 0 unspecified atom stereocenters. The Balaban J connectivity index is 1.25. The SMILES string of the molecule is Fc1ccc(-c2cc3c(N4CCN(c5nc6ccccc6[nH]5)CC4)ncnc3[nH]2)cc1. The maximum absolute atomic E-state index is 13.3. The van der Waals surface area contributed by atoms with Crippen LogP contribution in [-0.4, -0.2) is 51.1 Å². The van der Waals surface area contributed by atoms with Gasteiger partial charge in [0.05, 0.1) is 16.4 Å². The molecule has 0 radical (unpaired) electrons. The van der Waals surface area contributed by atoms with Gasteiger partial charge in [-0.1, -0.05) is 12.1 Å². The highest BCUT2D eigenvalue weighted by Gasteiger charge is 2.22. The Morgan fingerprint density at radius 3 is 2.42 bits per heavy atom. The van der Waals surface area contributed by atoms with E-state index in [1.54, 1.807) is 18.5 Å². The maximum atomic E-state index is 13.3. The van der Waals surface area contributed by atoms with Crippen molar-refractivity contribution < 1.29 is 4.39 Å². The number of piperazine rings is 1. The van der Waals surface area contributed by atoms with Crippen LogP contribution in [0.3, 0.4) is 0 Å². The standard InChI is InChI=1S/C23H20FN7/c24-16-7-5-15(6-8-16)20-13-17-21(27-20)25-14-26-22(17)30-9-11-31(12-10-30)23-28-18-3-1-2-4-19(18)29-23/h1-8,13-14H,9-12H2,(H,28,29)(H,25,26,27). The lowest BCUT2D eigenvalue weighted by molar-refractivity contribution is 0.628. The van der Waals surface area contributed by atoms with E-state index in [-0.39, 0.29) is 5.82 Å². The van der Waals surface area contributed by atoms with Crippen molar-refractivity contribution in [3.63, 3.8) is 0 Å². The van der Waals surface area contributed by atoms with Gasteiger partial charge in [0.15, 0.2) is 0 Å². The zero-order chi connectivity index (χ0) is 20.8. The van der Waals surface area contributed by atoms with E-state index in [2.05, 4.69) is 29.7 Å². The minimum atomic E-state index is -0.248. The number of hydrogen-bond donors (Lipinski definition) is 2. The number of rotatable bonds is 3. The summed E-state index contributed by atoms with van der Waals surface area (Å²) in [5, 5.41) is 0.971. The summed E-state index contributed by atoms with van der Waals surface area (Å²) in [6.45, 7) is 3.36. The molecule has 31 heavy (non-hydrogen) atoms. The zero-order valence-electron chi connectivity index (χ0n) is 16.7. The van der Waals surface area contributed by atoms with E-state index in [0.717, 1.165) is 71.3 Å². The Bertz CT molecular complexity index is 1330. The molecule has 0 atom stereocenters. The number of imidazole rings is 1.